The van der Waals surface area contributed by atoms with Crippen LogP contribution in [0.25, 0.3) is 0 Å². The lowest BCUT2D eigenvalue weighted by atomic mass is 10.2. The van der Waals surface area contributed by atoms with Gasteiger partial charge in [-0.25, -0.2) is 13.1 Å². The Morgan fingerprint density at radius 2 is 1.85 bits per heavy atom. The van der Waals surface area contributed by atoms with Crippen LogP contribution in [0, 0.1) is 0 Å². The van der Waals surface area contributed by atoms with Gasteiger partial charge in [0.1, 0.15) is 0 Å². The van der Waals surface area contributed by atoms with E-state index in [0.29, 0.717) is 22.9 Å². The zero-order valence-corrected chi connectivity index (χ0v) is 12.9. The van der Waals surface area contributed by atoms with E-state index < -0.39 is 10.0 Å². The number of sulfonamides is 1. The van der Waals surface area contributed by atoms with E-state index >= 15 is 0 Å². The number of aliphatic hydroxyl groups excluding tert-OH is 1. The van der Waals surface area contributed by atoms with Crippen LogP contribution in [0.1, 0.15) is 10.4 Å². The molecule has 0 aliphatic heterocycles. The van der Waals surface area contributed by atoms with Gasteiger partial charge in [-0.15, -0.1) is 11.3 Å². The Bertz CT molecular complexity index is 665. The van der Waals surface area contributed by atoms with Gasteiger partial charge >= 0.3 is 0 Å². The summed E-state index contributed by atoms with van der Waals surface area (Å²) in [6.07, 6.45) is 0.603. The first kappa shape index (κ1) is 15.5. The molecule has 1 aromatic heterocycles. The Kier molecular flexibility index (Phi) is 5.17. The molecule has 20 heavy (non-hydrogen) atoms. The molecular formula is C13H14ClNO3S2. The first-order valence-electron chi connectivity index (χ1n) is 5.95. The van der Waals surface area contributed by atoms with E-state index in [1.54, 1.807) is 18.2 Å². The molecule has 0 saturated heterocycles. The van der Waals surface area contributed by atoms with Crippen LogP contribution in [0.5, 0.6) is 0 Å². The number of benzene rings is 1. The maximum Gasteiger partial charge on any atom is 0.240 e. The molecule has 2 rings (SSSR count). The van der Waals surface area contributed by atoms with E-state index in [0.717, 1.165) is 4.88 Å². The lowest BCUT2D eigenvalue weighted by Gasteiger charge is -2.06. The monoisotopic (exact) mass is 331 g/mol. The Hall–Kier alpha value is -0.920. The normalized spacial score (nSPS) is 11.7. The summed E-state index contributed by atoms with van der Waals surface area (Å²) >= 11 is 7.26. The number of thiophene rings is 1. The number of halogens is 1. The Morgan fingerprint density at radius 1 is 1.15 bits per heavy atom. The van der Waals surface area contributed by atoms with Crippen LogP contribution in [0.2, 0.25) is 4.34 Å². The Labute approximate surface area is 127 Å². The van der Waals surface area contributed by atoms with E-state index in [9.17, 15) is 8.42 Å². The minimum atomic E-state index is -3.51. The highest BCUT2D eigenvalue weighted by Crippen LogP contribution is 2.21. The molecule has 0 spiro atoms. The van der Waals surface area contributed by atoms with Gasteiger partial charge in [-0.05, 0) is 36.2 Å². The summed E-state index contributed by atoms with van der Waals surface area (Å²) in [6.45, 7) is 0.216. The second-order valence-corrected chi connectivity index (χ2v) is 7.72. The smallest absolute Gasteiger partial charge is 0.240 e. The fourth-order valence-electron chi connectivity index (χ4n) is 1.65. The molecule has 2 aromatic rings. The molecular weight excluding hydrogens is 318 g/mol. The molecule has 2 N–H and O–H groups in total. The standard InChI is InChI=1S/C13H14ClNO3S2/c14-13-6-3-11(19-13)7-8-15-20(17,18)12-4-1-10(9-16)2-5-12/h1-6,15-16H,7-9H2. The van der Waals surface area contributed by atoms with Gasteiger partial charge in [0.15, 0.2) is 0 Å². The molecule has 4 nitrogen and oxygen atoms in total. The molecule has 0 fully saturated rings. The van der Waals surface area contributed by atoms with Crippen LogP contribution < -0.4 is 4.72 Å². The molecule has 1 aromatic carbocycles. The van der Waals surface area contributed by atoms with E-state index in [2.05, 4.69) is 4.72 Å². The van der Waals surface area contributed by atoms with Gasteiger partial charge in [-0.3, -0.25) is 0 Å². The fourth-order valence-corrected chi connectivity index (χ4v) is 3.77. The molecule has 0 saturated carbocycles. The highest BCUT2D eigenvalue weighted by Gasteiger charge is 2.13. The maximum atomic E-state index is 12.0. The van der Waals surface area contributed by atoms with Crippen LogP contribution in [0.3, 0.4) is 0 Å². The van der Waals surface area contributed by atoms with Gasteiger partial charge in [0.25, 0.3) is 0 Å². The molecule has 0 unspecified atom stereocenters. The van der Waals surface area contributed by atoms with Crippen molar-refractivity contribution in [1.29, 1.82) is 0 Å². The average molecular weight is 332 g/mol. The zero-order valence-electron chi connectivity index (χ0n) is 10.5. The van der Waals surface area contributed by atoms with Crippen molar-refractivity contribution >= 4 is 33.0 Å². The van der Waals surface area contributed by atoms with Crippen molar-refractivity contribution in [2.75, 3.05) is 6.54 Å². The molecule has 0 aliphatic rings. The molecule has 7 heteroatoms. The summed E-state index contributed by atoms with van der Waals surface area (Å²) in [4.78, 5) is 1.23. The molecule has 0 radical (unpaired) electrons. The number of aliphatic hydroxyl groups is 1. The van der Waals surface area contributed by atoms with Crippen molar-refractivity contribution in [3.63, 3.8) is 0 Å². The molecule has 108 valence electrons. The van der Waals surface area contributed by atoms with Gasteiger partial charge < -0.3 is 5.11 Å². The van der Waals surface area contributed by atoms with Gasteiger partial charge in [0.05, 0.1) is 15.8 Å². The molecule has 0 aliphatic carbocycles. The minimum Gasteiger partial charge on any atom is -0.392 e. The van der Waals surface area contributed by atoms with E-state index in [1.165, 1.54) is 23.5 Å². The lowest BCUT2D eigenvalue weighted by molar-refractivity contribution is 0.282. The second kappa shape index (κ2) is 6.69. The van der Waals surface area contributed by atoms with E-state index in [4.69, 9.17) is 16.7 Å². The predicted octanol–water partition coefficient (Wildman–Crippen LogP) is 2.41. The minimum absolute atomic E-state index is 0.104. The number of nitrogens with one attached hydrogen (secondary N) is 1. The van der Waals surface area contributed by atoms with Crippen LogP contribution in [-0.4, -0.2) is 20.1 Å². The summed E-state index contributed by atoms with van der Waals surface area (Å²) in [5, 5.41) is 8.93. The molecule has 0 amide bonds. The molecule has 1 heterocycles. The fraction of sp³-hybridized carbons (Fsp3) is 0.231. The van der Waals surface area contributed by atoms with Gasteiger partial charge in [-0.2, -0.15) is 0 Å². The van der Waals surface area contributed by atoms with Crippen molar-refractivity contribution in [1.82, 2.24) is 4.72 Å². The van der Waals surface area contributed by atoms with Crippen molar-refractivity contribution in [3.05, 3.63) is 51.2 Å². The second-order valence-electron chi connectivity index (χ2n) is 4.16. The summed E-state index contributed by atoms with van der Waals surface area (Å²) in [5.41, 5.74) is 0.678. The van der Waals surface area contributed by atoms with Crippen LogP contribution in [-0.2, 0) is 23.1 Å². The summed E-state index contributed by atoms with van der Waals surface area (Å²) in [7, 11) is -3.51. The number of hydrogen-bond donors (Lipinski definition) is 2. The Morgan fingerprint density at radius 3 is 2.40 bits per heavy atom. The SMILES string of the molecule is O=S(=O)(NCCc1ccc(Cl)s1)c1ccc(CO)cc1. The first-order valence-corrected chi connectivity index (χ1v) is 8.63. The average Bonchev–Trinajstić information content (AvgIpc) is 2.84. The first-order chi connectivity index (χ1) is 9.51. The zero-order chi connectivity index (χ0) is 14.6. The van der Waals surface area contributed by atoms with E-state index in [-0.39, 0.29) is 11.5 Å². The van der Waals surface area contributed by atoms with Crippen LogP contribution in [0.4, 0.5) is 0 Å². The summed E-state index contributed by atoms with van der Waals surface area (Å²) in [5.74, 6) is 0. The topological polar surface area (TPSA) is 66.4 Å². The third kappa shape index (κ3) is 4.04. The van der Waals surface area contributed by atoms with Gasteiger partial charge in [0, 0.05) is 11.4 Å². The van der Waals surface area contributed by atoms with Crippen molar-refractivity contribution in [2.45, 2.75) is 17.9 Å². The van der Waals surface area contributed by atoms with Crippen molar-refractivity contribution in [3.8, 4) is 0 Å². The van der Waals surface area contributed by atoms with E-state index in [1.807, 2.05) is 6.07 Å². The highest BCUT2D eigenvalue weighted by molar-refractivity contribution is 7.89. The number of rotatable bonds is 6. The van der Waals surface area contributed by atoms with Crippen molar-refractivity contribution < 1.29 is 13.5 Å². The summed E-state index contributed by atoms with van der Waals surface area (Å²) < 4.78 is 27.3. The largest absolute Gasteiger partial charge is 0.392 e. The highest BCUT2D eigenvalue weighted by atomic mass is 35.5. The van der Waals surface area contributed by atoms with Crippen LogP contribution in [0.15, 0.2) is 41.3 Å². The molecule has 0 bridgehead atoms. The number of hydrogen-bond acceptors (Lipinski definition) is 4. The van der Waals surface area contributed by atoms with Crippen LogP contribution >= 0.6 is 22.9 Å². The summed E-state index contributed by atoms with van der Waals surface area (Å²) in [6, 6.07) is 9.83. The third-order valence-corrected chi connectivity index (χ3v) is 5.48. The van der Waals surface area contributed by atoms with Gasteiger partial charge in [0.2, 0.25) is 10.0 Å². The predicted molar refractivity (Wildman–Crippen MR) is 80.6 cm³/mol. The van der Waals surface area contributed by atoms with Crippen molar-refractivity contribution in [2.24, 2.45) is 0 Å². The quantitative estimate of drug-likeness (QED) is 0.854. The lowest BCUT2D eigenvalue weighted by Crippen LogP contribution is -2.25. The van der Waals surface area contributed by atoms with Gasteiger partial charge in [-0.1, -0.05) is 23.7 Å². The Balaban J connectivity index is 1.96. The maximum absolute atomic E-state index is 12.0. The third-order valence-electron chi connectivity index (χ3n) is 2.71. The molecule has 0 atom stereocenters.